The summed E-state index contributed by atoms with van der Waals surface area (Å²) in [6.07, 6.45) is 1.05. The number of nitrogens with one attached hydrogen (secondary N) is 1. The Kier molecular flexibility index (Phi) is 7.09. The number of carbonyl (C=O) groups is 1. The maximum Gasteiger partial charge on any atom is 0.249 e. The fourth-order valence-corrected chi connectivity index (χ4v) is 5.64. The Morgan fingerprint density at radius 2 is 1.93 bits per heavy atom. The number of fused-ring (bicyclic) bond motifs is 1. The van der Waals surface area contributed by atoms with Crippen molar-refractivity contribution in [2.75, 3.05) is 34.8 Å². The first-order valence-electron chi connectivity index (χ1n) is 9.31. The van der Waals surface area contributed by atoms with E-state index in [1.807, 2.05) is 0 Å². The number of thioether (sulfide) groups is 1. The van der Waals surface area contributed by atoms with Crippen molar-refractivity contribution in [1.82, 2.24) is 10.2 Å². The van der Waals surface area contributed by atoms with E-state index < -0.39 is 22.0 Å². The second-order valence-corrected chi connectivity index (χ2v) is 11.2. The van der Waals surface area contributed by atoms with Crippen LogP contribution < -0.4 is 19.1 Å². The summed E-state index contributed by atoms with van der Waals surface area (Å²) in [7, 11) is -3.75. The van der Waals surface area contributed by atoms with Gasteiger partial charge in [-0.2, -0.15) is 0 Å². The molecule has 0 bridgehead atoms. The van der Waals surface area contributed by atoms with Gasteiger partial charge in [0, 0.05) is 11.8 Å². The van der Waals surface area contributed by atoms with Crippen molar-refractivity contribution in [3.8, 4) is 11.5 Å². The van der Waals surface area contributed by atoms with Gasteiger partial charge in [0.05, 0.1) is 11.9 Å². The largest absolute Gasteiger partial charge is 0.486 e. The Morgan fingerprint density at radius 1 is 1.23 bits per heavy atom. The molecule has 30 heavy (non-hydrogen) atoms. The van der Waals surface area contributed by atoms with Crippen molar-refractivity contribution in [2.24, 2.45) is 5.92 Å². The number of carbonyl (C=O) groups excluding carboxylic acids is 1. The van der Waals surface area contributed by atoms with Crippen LogP contribution in [0.15, 0.2) is 22.5 Å². The summed E-state index contributed by atoms with van der Waals surface area (Å²) >= 11 is 2.83. The quantitative estimate of drug-likeness (QED) is 0.461. The van der Waals surface area contributed by atoms with Gasteiger partial charge >= 0.3 is 0 Å². The van der Waals surface area contributed by atoms with Gasteiger partial charge in [0.15, 0.2) is 15.8 Å². The van der Waals surface area contributed by atoms with Crippen molar-refractivity contribution < 1.29 is 22.7 Å². The highest BCUT2D eigenvalue weighted by atomic mass is 32.2. The lowest BCUT2D eigenvalue weighted by Gasteiger charge is -2.29. The minimum Gasteiger partial charge on any atom is -0.486 e. The van der Waals surface area contributed by atoms with Crippen LogP contribution in [0, 0.1) is 5.92 Å². The molecule has 0 saturated heterocycles. The third-order valence-electron chi connectivity index (χ3n) is 4.05. The molecule has 1 N–H and O–H groups in total. The van der Waals surface area contributed by atoms with Gasteiger partial charge in [-0.05, 0) is 25.0 Å². The van der Waals surface area contributed by atoms with Crippen LogP contribution in [0.2, 0.25) is 0 Å². The molecule has 2 heterocycles. The monoisotopic (exact) mass is 472 g/mol. The van der Waals surface area contributed by atoms with E-state index in [0.29, 0.717) is 41.4 Å². The number of hydrogen-bond donors (Lipinski definition) is 1. The van der Waals surface area contributed by atoms with Crippen molar-refractivity contribution in [1.29, 1.82) is 0 Å². The Labute approximate surface area is 184 Å². The highest BCUT2D eigenvalue weighted by molar-refractivity contribution is 8.01. The zero-order chi connectivity index (χ0) is 21.9. The Hall–Kier alpha value is -2.05. The number of rotatable bonds is 8. The summed E-state index contributed by atoms with van der Waals surface area (Å²) in [4.78, 5) is 12.8. The molecule has 1 aromatic heterocycles. The molecule has 12 heteroatoms. The molecular weight excluding hydrogens is 448 g/mol. The van der Waals surface area contributed by atoms with Crippen molar-refractivity contribution in [2.45, 2.75) is 31.2 Å². The molecule has 1 aliphatic heterocycles. The second kappa shape index (κ2) is 9.40. The van der Waals surface area contributed by atoms with Gasteiger partial charge in [-0.1, -0.05) is 36.9 Å². The first kappa shape index (κ1) is 22.6. The SMILES string of the molecule is CC(C)CSc1nnc(NC(=O)[C@@H](C)N(c2ccc3c(c2)OCCO3)S(C)(=O)=O)s1. The van der Waals surface area contributed by atoms with E-state index in [1.165, 1.54) is 18.3 Å². The molecule has 1 atom stereocenters. The van der Waals surface area contributed by atoms with Gasteiger partial charge in [0.1, 0.15) is 19.3 Å². The van der Waals surface area contributed by atoms with Gasteiger partial charge in [-0.3, -0.25) is 14.4 Å². The normalized spacial score (nSPS) is 14.4. The zero-order valence-electron chi connectivity index (χ0n) is 17.1. The van der Waals surface area contributed by atoms with E-state index in [-0.39, 0.29) is 0 Å². The number of sulfonamides is 1. The summed E-state index contributed by atoms with van der Waals surface area (Å²) in [6.45, 7) is 6.54. The van der Waals surface area contributed by atoms with E-state index in [1.54, 1.807) is 30.0 Å². The number of aromatic nitrogens is 2. The minimum absolute atomic E-state index is 0.315. The van der Waals surface area contributed by atoms with Crippen LogP contribution in [0.3, 0.4) is 0 Å². The number of benzene rings is 1. The molecule has 0 unspecified atom stereocenters. The molecule has 0 spiro atoms. The lowest BCUT2D eigenvalue weighted by molar-refractivity contribution is -0.116. The van der Waals surface area contributed by atoms with Crippen LogP contribution in [-0.4, -0.2) is 55.8 Å². The molecule has 0 radical (unpaired) electrons. The van der Waals surface area contributed by atoms with Crippen LogP contribution in [0.5, 0.6) is 11.5 Å². The third-order valence-corrected chi connectivity index (χ3v) is 7.69. The molecule has 164 valence electrons. The smallest absolute Gasteiger partial charge is 0.249 e. The second-order valence-electron chi connectivity index (χ2n) is 7.13. The van der Waals surface area contributed by atoms with Crippen molar-refractivity contribution in [3.63, 3.8) is 0 Å². The molecule has 0 saturated carbocycles. The van der Waals surface area contributed by atoms with Crippen molar-refractivity contribution in [3.05, 3.63) is 18.2 Å². The topological polar surface area (TPSA) is 111 Å². The molecule has 0 aliphatic carbocycles. The fourth-order valence-electron chi connectivity index (χ4n) is 2.74. The van der Waals surface area contributed by atoms with Gasteiger partial charge in [0.25, 0.3) is 0 Å². The van der Waals surface area contributed by atoms with Gasteiger partial charge in [-0.15, -0.1) is 10.2 Å². The predicted octanol–water partition coefficient (Wildman–Crippen LogP) is 2.85. The summed E-state index contributed by atoms with van der Waals surface area (Å²) in [5.74, 6) is 1.87. The summed E-state index contributed by atoms with van der Waals surface area (Å²) in [5.41, 5.74) is 0.315. The van der Waals surface area contributed by atoms with Crippen LogP contribution in [-0.2, 0) is 14.8 Å². The average Bonchev–Trinajstić information content (AvgIpc) is 3.12. The summed E-state index contributed by atoms with van der Waals surface area (Å²) in [5, 5.41) is 11.0. The average molecular weight is 473 g/mol. The van der Waals surface area contributed by atoms with E-state index >= 15 is 0 Å². The standard InChI is InChI=1S/C18H24N4O5S3/c1-11(2)10-28-18-21-20-17(29-18)19-16(23)12(3)22(30(4,24)25)13-5-6-14-15(9-13)27-8-7-26-14/h5-6,9,11-12H,7-8,10H2,1-4H3,(H,19,20,23)/t12-/m1/s1. The third kappa shape index (κ3) is 5.55. The molecule has 9 nitrogen and oxygen atoms in total. The fraction of sp³-hybridized carbons (Fsp3) is 0.500. The van der Waals surface area contributed by atoms with Gasteiger partial charge in [0.2, 0.25) is 21.1 Å². The van der Waals surface area contributed by atoms with E-state index in [9.17, 15) is 13.2 Å². The lowest BCUT2D eigenvalue weighted by atomic mass is 10.2. The van der Waals surface area contributed by atoms with E-state index in [4.69, 9.17) is 9.47 Å². The van der Waals surface area contributed by atoms with Crippen LogP contribution in [0.4, 0.5) is 10.8 Å². The number of hydrogen-bond acceptors (Lipinski definition) is 9. The first-order chi connectivity index (χ1) is 14.1. The highest BCUT2D eigenvalue weighted by Gasteiger charge is 2.31. The number of anilines is 2. The zero-order valence-corrected chi connectivity index (χ0v) is 19.6. The van der Waals surface area contributed by atoms with E-state index in [0.717, 1.165) is 20.7 Å². The summed E-state index contributed by atoms with van der Waals surface area (Å²) < 4.78 is 37.8. The molecule has 3 rings (SSSR count). The summed E-state index contributed by atoms with van der Waals surface area (Å²) in [6, 6.07) is 3.77. The van der Waals surface area contributed by atoms with E-state index in [2.05, 4.69) is 29.4 Å². The minimum atomic E-state index is -3.75. The Morgan fingerprint density at radius 3 is 2.60 bits per heavy atom. The number of ether oxygens (including phenoxy) is 2. The lowest BCUT2D eigenvalue weighted by Crippen LogP contribution is -2.45. The molecule has 0 fully saturated rings. The number of nitrogens with zero attached hydrogens (tertiary/aromatic N) is 3. The highest BCUT2D eigenvalue weighted by Crippen LogP contribution is 2.35. The molecular formula is C18H24N4O5S3. The van der Waals surface area contributed by atoms with Crippen LogP contribution in [0.25, 0.3) is 0 Å². The Balaban J connectivity index is 1.77. The first-order valence-corrected chi connectivity index (χ1v) is 13.0. The molecule has 1 aliphatic rings. The molecule has 1 aromatic carbocycles. The van der Waals surface area contributed by atoms with Crippen molar-refractivity contribution >= 4 is 49.8 Å². The predicted molar refractivity (Wildman–Crippen MR) is 118 cm³/mol. The molecule has 2 aromatic rings. The van der Waals surface area contributed by atoms with Crippen LogP contribution in [0.1, 0.15) is 20.8 Å². The van der Waals surface area contributed by atoms with Gasteiger partial charge in [-0.25, -0.2) is 8.42 Å². The van der Waals surface area contributed by atoms with Crippen LogP contribution >= 0.6 is 23.1 Å². The number of amides is 1. The maximum atomic E-state index is 12.8. The maximum absolute atomic E-state index is 12.8. The Bertz CT molecular complexity index is 1010. The van der Waals surface area contributed by atoms with Gasteiger partial charge < -0.3 is 9.47 Å². The molecule has 1 amide bonds.